The van der Waals surface area contributed by atoms with Crippen molar-refractivity contribution in [2.75, 3.05) is 14.2 Å². The average molecular weight is 279 g/mol. The van der Waals surface area contributed by atoms with Gasteiger partial charge in [-0.25, -0.2) is 0 Å². The maximum Gasteiger partial charge on any atom is 0.303 e. The number of aliphatic carboxylic acids is 1. The fourth-order valence-corrected chi connectivity index (χ4v) is 1.96. The summed E-state index contributed by atoms with van der Waals surface area (Å²) in [5.74, 6) is -0.315. The number of carboxylic acid groups (broad SMARTS) is 1. The highest BCUT2D eigenvalue weighted by molar-refractivity contribution is 5.80. The molecule has 0 aromatic heterocycles. The van der Waals surface area contributed by atoms with Crippen LogP contribution in [0.4, 0.5) is 0 Å². The first-order valence-corrected chi connectivity index (χ1v) is 6.55. The molecule has 0 aliphatic carbocycles. The summed E-state index contributed by atoms with van der Waals surface area (Å²) in [6.07, 6.45) is 0.561. The van der Waals surface area contributed by atoms with Gasteiger partial charge in [0.05, 0.1) is 13.5 Å². The Morgan fingerprint density at radius 1 is 1.30 bits per heavy atom. The molecule has 1 atom stereocenters. The van der Waals surface area contributed by atoms with Crippen molar-refractivity contribution >= 4 is 11.9 Å². The molecule has 0 bridgehead atoms. The van der Waals surface area contributed by atoms with E-state index in [1.54, 1.807) is 19.1 Å². The van der Waals surface area contributed by atoms with E-state index in [1.165, 1.54) is 0 Å². The minimum atomic E-state index is -0.955. The van der Waals surface area contributed by atoms with Gasteiger partial charge in [0.1, 0.15) is 5.75 Å². The first kappa shape index (κ1) is 16.0. The summed E-state index contributed by atoms with van der Waals surface area (Å²) in [7, 11) is 3.31. The molecule has 20 heavy (non-hydrogen) atoms. The van der Waals surface area contributed by atoms with Crippen LogP contribution in [0.3, 0.4) is 0 Å². The lowest BCUT2D eigenvalue weighted by Gasteiger charge is -2.25. The van der Waals surface area contributed by atoms with E-state index in [9.17, 15) is 9.59 Å². The van der Waals surface area contributed by atoms with E-state index < -0.39 is 5.97 Å². The molecular formula is C15H21NO4. The molecule has 1 amide bonds. The molecule has 1 rings (SSSR count). The second-order valence-corrected chi connectivity index (χ2v) is 4.76. The van der Waals surface area contributed by atoms with Gasteiger partial charge in [0, 0.05) is 19.5 Å². The smallest absolute Gasteiger partial charge is 0.303 e. The number of hydrogen-bond acceptors (Lipinski definition) is 3. The molecule has 0 saturated heterocycles. The van der Waals surface area contributed by atoms with Crippen LogP contribution >= 0.6 is 0 Å². The van der Waals surface area contributed by atoms with Crippen molar-refractivity contribution in [1.29, 1.82) is 0 Å². The quantitative estimate of drug-likeness (QED) is 0.828. The van der Waals surface area contributed by atoms with Gasteiger partial charge in [0.25, 0.3) is 0 Å². The summed E-state index contributed by atoms with van der Waals surface area (Å²) in [6.45, 7) is 1.94. The van der Waals surface area contributed by atoms with E-state index in [1.807, 2.05) is 31.2 Å². The Morgan fingerprint density at radius 2 is 1.95 bits per heavy atom. The second kappa shape index (κ2) is 7.53. The van der Waals surface area contributed by atoms with Crippen LogP contribution < -0.4 is 4.74 Å². The molecule has 1 aromatic carbocycles. The number of carboxylic acids is 1. The fourth-order valence-electron chi connectivity index (χ4n) is 1.96. The molecule has 1 unspecified atom stereocenters. The number of rotatable bonds is 7. The largest absolute Gasteiger partial charge is 0.496 e. The lowest BCUT2D eigenvalue weighted by Crippen LogP contribution is -2.36. The van der Waals surface area contributed by atoms with E-state index in [0.717, 1.165) is 11.3 Å². The summed E-state index contributed by atoms with van der Waals surface area (Å²) in [5, 5.41) is 8.60. The third-order valence-corrected chi connectivity index (χ3v) is 3.32. The highest BCUT2D eigenvalue weighted by Crippen LogP contribution is 2.20. The highest BCUT2D eigenvalue weighted by Gasteiger charge is 2.18. The Balaban J connectivity index is 2.63. The number of benzene rings is 1. The maximum atomic E-state index is 11.9. The molecule has 110 valence electrons. The monoisotopic (exact) mass is 279 g/mol. The Hall–Kier alpha value is -2.04. The van der Waals surface area contributed by atoms with E-state index in [-0.39, 0.29) is 24.8 Å². The van der Waals surface area contributed by atoms with Crippen LogP contribution in [-0.4, -0.2) is 42.1 Å². The number of hydrogen-bond donors (Lipinski definition) is 1. The Labute approximate surface area is 119 Å². The van der Waals surface area contributed by atoms with Crippen LogP contribution in [0.2, 0.25) is 0 Å². The number of methoxy groups -OCH3 is 1. The first-order chi connectivity index (χ1) is 9.45. The van der Waals surface area contributed by atoms with Crippen molar-refractivity contribution in [3.8, 4) is 5.75 Å². The number of nitrogens with zero attached hydrogens (tertiary/aromatic N) is 1. The van der Waals surface area contributed by atoms with Gasteiger partial charge in [-0.2, -0.15) is 0 Å². The van der Waals surface area contributed by atoms with Crippen LogP contribution in [0.1, 0.15) is 25.3 Å². The van der Waals surface area contributed by atoms with Crippen LogP contribution in [0.25, 0.3) is 0 Å². The van der Waals surface area contributed by atoms with Gasteiger partial charge < -0.3 is 14.7 Å². The van der Waals surface area contributed by atoms with Crippen molar-refractivity contribution in [2.24, 2.45) is 0 Å². The van der Waals surface area contributed by atoms with Crippen molar-refractivity contribution in [3.63, 3.8) is 0 Å². The zero-order chi connectivity index (χ0) is 15.1. The molecule has 0 aliphatic heterocycles. The van der Waals surface area contributed by atoms with E-state index in [4.69, 9.17) is 9.84 Å². The third kappa shape index (κ3) is 4.57. The molecule has 5 nitrogen and oxygen atoms in total. The van der Waals surface area contributed by atoms with Gasteiger partial charge >= 0.3 is 5.97 Å². The molecule has 5 heteroatoms. The Bertz CT molecular complexity index is 473. The lowest BCUT2D eigenvalue weighted by atomic mass is 10.0. The minimum Gasteiger partial charge on any atom is -0.496 e. The highest BCUT2D eigenvalue weighted by atomic mass is 16.5. The summed E-state index contributed by atoms with van der Waals surface area (Å²) in [4.78, 5) is 23.9. The number of amides is 1. The maximum absolute atomic E-state index is 11.9. The molecule has 1 aromatic rings. The van der Waals surface area contributed by atoms with Crippen LogP contribution in [-0.2, 0) is 16.0 Å². The minimum absolute atomic E-state index is 0.0207. The van der Waals surface area contributed by atoms with Gasteiger partial charge in [-0.15, -0.1) is 0 Å². The predicted octanol–water partition coefficient (Wildman–Crippen LogP) is 1.95. The first-order valence-electron chi connectivity index (χ1n) is 6.55. The molecule has 0 heterocycles. The number of carbonyl (C=O) groups is 2. The second-order valence-electron chi connectivity index (χ2n) is 4.76. The Morgan fingerprint density at radius 3 is 2.55 bits per heavy atom. The van der Waals surface area contributed by atoms with Gasteiger partial charge in [-0.1, -0.05) is 18.2 Å². The van der Waals surface area contributed by atoms with Crippen molar-refractivity contribution < 1.29 is 19.4 Å². The molecule has 0 saturated carbocycles. The third-order valence-electron chi connectivity index (χ3n) is 3.32. The van der Waals surface area contributed by atoms with Crippen molar-refractivity contribution in [3.05, 3.63) is 29.8 Å². The predicted molar refractivity (Wildman–Crippen MR) is 75.8 cm³/mol. The molecule has 0 fully saturated rings. The number of likely N-dealkylation sites (N-methyl/N-ethyl adjacent to an activating group) is 1. The summed E-state index contributed by atoms with van der Waals surface area (Å²) in [6, 6.07) is 7.65. The van der Waals surface area contributed by atoms with Gasteiger partial charge in [0.2, 0.25) is 5.91 Å². The van der Waals surface area contributed by atoms with Gasteiger partial charge in [-0.3, -0.25) is 9.59 Å². The molecule has 0 spiro atoms. The Kier molecular flexibility index (Phi) is 6.03. The van der Waals surface area contributed by atoms with Crippen molar-refractivity contribution in [2.45, 2.75) is 32.2 Å². The molecule has 0 radical (unpaired) electrons. The van der Waals surface area contributed by atoms with Crippen LogP contribution in [0.15, 0.2) is 24.3 Å². The number of para-hydroxylation sites is 1. The fraction of sp³-hybridized carbons (Fsp3) is 0.467. The average Bonchev–Trinajstić information content (AvgIpc) is 2.44. The zero-order valence-electron chi connectivity index (χ0n) is 12.1. The molecular weight excluding hydrogens is 258 g/mol. The summed E-state index contributed by atoms with van der Waals surface area (Å²) < 4.78 is 5.28. The topological polar surface area (TPSA) is 66.8 Å². The number of carbonyl (C=O) groups excluding carboxylic acids is 1. The van der Waals surface area contributed by atoms with Crippen LogP contribution in [0.5, 0.6) is 5.75 Å². The van der Waals surface area contributed by atoms with E-state index in [2.05, 4.69) is 0 Å². The lowest BCUT2D eigenvalue weighted by molar-refractivity contribution is -0.141. The standard InChI is InChI=1S/C15H21NO4/c1-11(16(2)14(17)8-9-15(18)19)10-12-6-4-5-7-13(12)20-3/h4-7,11H,8-10H2,1-3H3,(H,18,19). The normalized spacial score (nSPS) is 11.8. The zero-order valence-corrected chi connectivity index (χ0v) is 12.1. The summed E-state index contributed by atoms with van der Waals surface area (Å²) >= 11 is 0. The molecule has 0 aliphatic rings. The van der Waals surface area contributed by atoms with E-state index >= 15 is 0 Å². The van der Waals surface area contributed by atoms with Crippen molar-refractivity contribution in [1.82, 2.24) is 4.90 Å². The van der Waals surface area contributed by atoms with Gasteiger partial charge in [-0.05, 0) is 25.0 Å². The van der Waals surface area contributed by atoms with Crippen LogP contribution in [0, 0.1) is 0 Å². The summed E-state index contributed by atoms with van der Waals surface area (Å²) in [5.41, 5.74) is 1.03. The van der Waals surface area contributed by atoms with E-state index in [0.29, 0.717) is 6.42 Å². The number of ether oxygens (including phenoxy) is 1. The van der Waals surface area contributed by atoms with Gasteiger partial charge in [0.15, 0.2) is 0 Å². The SMILES string of the molecule is COc1ccccc1CC(C)N(C)C(=O)CCC(=O)O. The molecule has 1 N–H and O–H groups in total.